The zero-order valence-electron chi connectivity index (χ0n) is 14.9. The molecule has 0 radical (unpaired) electrons. The van der Waals surface area contributed by atoms with Crippen molar-refractivity contribution in [1.29, 1.82) is 0 Å². The molecule has 1 atom stereocenters. The fraction of sp³-hybridized carbons (Fsp3) is 0.526. The van der Waals surface area contributed by atoms with Gasteiger partial charge in [0.15, 0.2) is 0 Å². The highest BCUT2D eigenvalue weighted by atomic mass is 19.1. The standard InChI is InChI=1S/C19H24FN3O3/c1-2-19(13-8-10-14(20)11-9-13)17(25)23(18(26)22-19)12-16(24)21-15-6-4-3-5-7-15/h8-11,15H,2-7,12H2,1H3,(H,21,24)(H,22,26). The van der Waals surface area contributed by atoms with E-state index in [1.807, 2.05) is 0 Å². The van der Waals surface area contributed by atoms with Crippen molar-refractivity contribution >= 4 is 17.8 Å². The number of rotatable bonds is 5. The van der Waals surface area contributed by atoms with Crippen molar-refractivity contribution in [2.24, 2.45) is 0 Å². The van der Waals surface area contributed by atoms with Gasteiger partial charge in [-0.3, -0.25) is 14.5 Å². The van der Waals surface area contributed by atoms with Crippen LogP contribution in [0.15, 0.2) is 24.3 Å². The lowest BCUT2D eigenvalue weighted by molar-refractivity contribution is -0.135. The van der Waals surface area contributed by atoms with E-state index in [0.29, 0.717) is 12.0 Å². The van der Waals surface area contributed by atoms with Gasteiger partial charge in [-0.1, -0.05) is 38.3 Å². The number of nitrogens with one attached hydrogen (secondary N) is 2. The van der Waals surface area contributed by atoms with Crippen LogP contribution in [0.3, 0.4) is 0 Å². The Morgan fingerprint density at radius 1 is 1.23 bits per heavy atom. The van der Waals surface area contributed by atoms with Crippen LogP contribution < -0.4 is 10.6 Å². The summed E-state index contributed by atoms with van der Waals surface area (Å²) in [5, 5.41) is 5.61. The van der Waals surface area contributed by atoms with Crippen LogP contribution in [-0.4, -0.2) is 35.3 Å². The van der Waals surface area contributed by atoms with Gasteiger partial charge in [-0.25, -0.2) is 9.18 Å². The third-order valence-corrected chi connectivity index (χ3v) is 5.32. The van der Waals surface area contributed by atoms with Crippen LogP contribution >= 0.6 is 0 Å². The number of halogens is 1. The zero-order chi connectivity index (χ0) is 18.7. The summed E-state index contributed by atoms with van der Waals surface area (Å²) in [7, 11) is 0. The average Bonchev–Trinajstić information content (AvgIpc) is 2.88. The highest BCUT2D eigenvalue weighted by Crippen LogP contribution is 2.32. The monoisotopic (exact) mass is 361 g/mol. The minimum Gasteiger partial charge on any atom is -0.352 e. The van der Waals surface area contributed by atoms with E-state index in [1.165, 1.54) is 30.7 Å². The molecule has 1 heterocycles. The van der Waals surface area contributed by atoms with Crippen LogP contribution in [0.2, 0.25) is 0 Å². The first-order valence-electron chi connectivity index (χ1n) is 9.16. The van der Waals surface area contributed by atoms with Gasteiger partial charge in [-0.05, 0) is 37.0 Å². The van der Waals surface area contributed by atoms with Crippen LogP contribution in [0.1, 0.15) is 51.0 Å². The van der Waals surface area contributed by atoms with Crippen LogP contribution in [0.5, 0.6) is 0 Å². The molecule has 1 unspecified atom stereocenters. The van der Waals surface area contributed by atoms with Crippen LogP contribution in [0.4, 0.5) is 9.18 Å². The second-order valence-electron chi connectivity index (χ2n) is 6.99. The number of urea groups is 1. The summed E-state index contributed by atoms with van der Waals surface area (Å²) in [6.07, 6.45) is 5.51. The molecule has 0 bridgehead atoms. The maximum absolute atomic E-state index is 13.2. The number of hydrogen-bond acceptors (Lipinski definition) is 3. The van der Waals surface area contributed by atoms with E-state index in [-0.39, 0.29) is 18.5 Å². The molecular weight excluding hydrogens is 337 g/mol. The lowest BCUT2D eigenvalue weighted by Gasteiger charge is -2.26. The number of amides is 4. The van der Waals surface area contributed by atoms with Crippen LogP contribution in [-0.2, 0) is 15.1 Å². The summed E-state index contributed by atoms with van der Waals surface area (Å²) >= 11 is 0. The van der Waals surface area contributed by atoms with Gasteiger partial charge in [-0.2, -0.15) is 0 Å². The Hall–Kier alpha value is -2.44. The zero-order valence-corrected chi connectivity index (χ0v) is 14.9. The second kappa shape index (κ2) is 7.43. The maximum Gasteiger partial charge on any atom is 0.325 e. The molecule has 0 aromatic heterocycles. The molecule has 1 saturated heterocycles. The number of benzene rings is 1. The summed E-state index contributed by atoms with van der Waals surface area (Å²) in [6, 6.07) is 5.01. The molecule has 6 nitrogen and oxygen atoms in total. The minimum absolute atomic E-state index is 0.116. The van der Waals surface area contributed by atoms with Crippen LogP contribution in [0, 0.1) is 5.82 Å². The smallest absolute Gasteiger partial charge is 0.325 e. The Morgan fingerprint density at radius 3 is 2.50 bits per heavy atom. The Kier molecular flexibility index (Phi) is 5.25. The molecule has 0 spiro atoms. The summed E-state index contributed by atoms with van der Waals surface area (Å²) in [6.45, 7) is 1.47. The summed E-state index contributed by atoms with van der Waals surface area (Å²) in [4.78, 5) is 38.6. The van der Waals surface area contributed by atoms with Crippen molar-refractivity contribution in [2.75, 3.05) is 6.54 Å². The number of imide groups is 1. The van der Waals surface area contributed by atoms with Crippen molar-refractivity contribution in [3.63, 3.8) is 0 Å². The molecule has 1 aromatic rings. The predicted molar refractivity (Wildman–Crippen MR) is 93.6 cm³/mol. The van der Waals surface area contributed by atoms with E-state index in [4.69, 9.17) is 0 Å². The third-order valence-electron chi connectivity index (χ3n) is 5.32. The average molecular weight is 361 g/mol. The molecule has 140 valence electrons. The molecule has 3 rings (SSSR count). The number of nitrogens with zero attached hydrogens (tertiary/aromatic N) is 1. The highest BCUT2D eigenvalue weighted by Gasteiger charge is 2.51. The predicted octanol–water partition coefficient (Wildman–Crippen LogP) is 2.43. The molecule has 1 aliphatic carbocycles. The fourth-order valence-electron chi connectivity index (χ4n) is 3.81. The van der Waals surface area contributed by atoms with Crippen molar-refractivity contribution in [2.45, 2.75) is 57.0 Å². The van der Waals surface area contributed by atoms with Gasteiger partial charge in [0.2, 0.25) is 5.91 Å². The number of carbonyl (C=O) groups excluding carboxylic acids is 3. The molecular formula is C19H24FN3O3. The van der Waals surface area contributed by atoms with Gasteiger partial charge in [0.25, 0.3) is 5.91 Å². The van der Waals surface area contributed by atoms with E-state index < -0.39 is 23.3 Å². The first-order chi connectivity index (χ1) is 12.5. The molecule has 2 N–H and O–H groups in total. The van der Waals surface area contributed by atoms with E-state index >= 15 is 0 Å². The Morgan fingerprint density at radius 2 is 1.88 bits per heavy atom. The van der Waals surface area contributed by atoms with Gasteiger partial charge in [0.1, 0.15) is 17.9 Å². The minimum atomic E-state index is -1.25. The normalized spacial score (nSPS) is 23.8. The van der Waals surface area contributed by atoms with E-state index in [1.54, 1.807) is 6.92 Å². The number of hydrogen-bond donors (Lipinski definition) is 2. The van der Waals surface area contributed by atoms with Gasteiger partial charge < -0.3 is 10.6 Å². The molecule has 7 heteroatoms. The van der Waals surface area contributed by atoms with Crippen molar-refractivity contribution in [3.8, 4) is 0 Å². The van der Waals surface area contributed by atoms with E-state index in [0.717, 1.165) is 30.6 Å². The molecule has 26 heavy (non-hydrogen) atoms. The highest BCUT2D eigenvalue weighted by molar-refractivity contribution is 6.09. The van der Waals surface area contributed by atoms with E-state index in [9.17, 15) is 18.8 Å². The van der Waals surface area contributed by atoms with Crippen LogP contribution in [0.25, 0.3) is 0 Å². The molecule has 1 aliphatic heterocycles. The maximum atomic E-state index is 13.2. The molecule has 1 aromatic carbocycles. The number of carbonyl (C=O) groups is 3. The van der Waals surface area contributed by atoms with Crippen molar-refractivity contribution in [1.82, 2.24) is 15.5 Å². The summed E-state index contributed by atoms with van der Waals surface area (Å²) in [5.41, 5.74) is -0.745. The summed E-state index contributed by atoms with van der Waals surface area (Å²) in [5.74, 6) is -1.22. The molecule has 2 aliphatic rings. The lowest BCUT2D eigenvalue weighted by atomic mass is 9.87. The van der Waals surface area contributed by atoms with Gasteiger partial charge in [0.05, 0.1) is 0 Å². The van der Waals surface area contributed by atoms with Gasteiger partial charge >= 0.3 is 6.03 Å². The molecule has 4 amide bonds. The second-order valence-corrected chi connectivity index (χ2v) is 6.99. The summed E-state index contributed by atoms with van der Waals surface area (Å²) < 4.78 is 13.2. The molecule has 2 fully saturated rings. The van der Waals surface area contributed by atoms with E-state index in [2.05, 4.69) is 10.6 Å². The topological polar surface area (TPSA) is 78.5 Å². The Balaban J connectivity index is 1.72. The van der Waals surface area contributed by atoms with Crippen molar-refractivity contribution in [3.05, 3.63) is 35.6 Å². The lowest BCUT2D eigenvalue weighted by Crippen LogP contribution is -2.46. The van der Waals surface area contributed by atoms with Gasteiger partial charge in [0, 0.05) is 6.04 Å². The van der Waals surface area contributed by atoms with Crippen molar-refractivity contribution < 1.29 is 18.8 Å². The fourth-order valence-corrected chi connectivity index (χ4v) is 3.81. The first kappa shape index (κ1) is 18.4. The first-order valence-corrected chi connectivity index (χ1v) is 9.16. The quantitative estimate of drug-likeness (QED) is 0.791. The SMILES string of the molecule is CCC1(c2ccc(F)cc2)NC(=O)N(CC(=O)NC2CCCCC2)C1=O. The largest absolute Gasteiger partial charge is 0.352 e. The Labute approximate surface area is 152 Å². The Bertz CT molecular complexity index is 700. The third kappa shape index (κ3) is 3.43. The van der Waals surface area contributed by atoms with Gasteiger partial charge in [-0.15, -0.1) is 0 Å². The molecule has 1 saturated carbocycles.